The van der Waals surface area contributed by atoms with Gasteiger partial charge in [0.1, 0.15) is 0 Å². The molecule has 1 aliphatic heterocycles. The monoisotopic (exact) mass is 286 g/mol. The zero-order chi connectivity index (χ0) is 14.8. The lowest BCUT2D eigenvalue weighted by Gasteiger charge is -2.32. The van der Waals surface area contributed by atoms with Crippen molar-refractivity contribution in [2.24, 2.45) is 16.9 Å². The molecule has 21 heavy (non-hydrogen) atoms. The molecule has 0 radical (unpaired) electrons. The van der Waals surface area contributed by atoms with E-state index in [1.165, 1.54) is 5.01 Å². The molecule has 2 atom stereocenters. The zero-order valence-corrected chi connectivity index (χ0v) is 12.2. The van der Waals surface area contributed by atoms with Gasteiger partial charge >= 0.3 is 0 Å². The SMILES string of the molecule is COc1ccc(N2N=CC3CC=CCC3C2=O)cc1OC. The van der Waals surface area contributed by atoms with Crippen molar-refractivity contribution >= 4 is 17.8 Å². The highest BCUT2D eigenvalue weighted by Gasteiger charge is 2.35. The van der Waals surface area contributed by atoms with E-state index >= 15 is 0 Å². The Morgan fingerprint density at radius 2 is 1.90 bits per heavy atom. The van der Waals surface area contributed by atoms with Gasteiger partial charge in [-0.25, -0.2) is 5.01 Å². The molecule has 0 saturated carbocycles. The summed E-state index contributed by atoms with van der Waals surface area (Å²) in [6, 6.07) is 5.37. The topological polar surface area (TPSA) is 51.1 Å². The molecule has 110 valence electrons. The van der Waals surface area contributed by atoms with Gasteiger partial charge in [-0.2, -0.15) is 5.10 Å². The number of hydrazone groups is 1. The van der Waals surface area contributed by atoms with Crippen molar-refractivity contribution in [1.29, 1.82) is 0 Å². The number of fused-ring (bicyclic) bond motifs is 1. The fourth-order valence-corrected chi connectivity index (χ4v) is 2.80. The third-order valence-corrected chi connectivity index (χ3v) is 3.99. The molecule has 3 rings (SSSR count). The molecule has 5 nitrogen and oxygen atoms in total. The molecule has 0 N–H and O–H groups in total. The minimum atomic E-state index is -0.0133. The fraction of sp³-hybridized carbons (Fsp3) is 0.375. The van der Waals surface area contributed by atoms with Gasteiger partial charge in [-0.3, -0.25) is 4.79 Å². The van der Waals surface area contributed by atoms with Crippen molar-refractivity contribution < 1.29 is 14.3 Å². The van der Waals surface area contributed by atoms with E-state index in [0.29, 0.717) is 17.2 Å². The van der Waals surface area contributed by atoms with Crippen LogP contribution in [0.3, 0.4) is 0 Å². The number of hydrogen-bond acceptors (Lipinski definition) is 4. The second-order valence-electron chi connectivity index (χ2n) is 5.17. The van der Waals surface area contributed by atoms with Gasteiger partial charge in [0.2, 0.25) is 0 Å². The van der Waals surface area contributed by atoms with Crippen LogP contribution in [0.15, 0.2) is 35.5 Å². The number of anilines is 1. The summed E-state index contributed by atoms with van der Waals surface area (Å²) in [4.78, 5) is 12.6. The predicted octanol–water partition coefficient (Wildman–Crippen LogP) is 2.62. The number of ether oxygens (including phenoxy) is 2. The van der Waals surface area contributed by atoms with Crippen molar-refractivity contribution in [2.75, 3.05) is 19.2 Å². The summed E-state index contributed by atoms with van der Waals surface area (Å²) in [7, 11) is 3.16. The second-order valence-corrected chi connectivity index (χ2v) is 5.17. The Balaban J connectivity index is 1.92. The highest BCUT2D eigenvalue weighted by Crippen LogP contribution is 2.35. The highest BCUT2D eigenvalue weighted by atomic mass is 16.5. The molecule has 2 aliphatic rings. The summed E-state index contributed by atoms with van der Waals surface area (Å²) in [5.41, 5.74) is 0.696. The van der Waals surface area contributed by atoms with E-state index in [1.54, 1.807) is 26.4 Å². The quantitative estimate of drug-likeness (QED) is 0.803. The number of carbonyl (C=O) groups is 1. The average Bonchev–Trinajstić information content (AvgIpc) is 2.55. The number of hydrogen-bond donors (Lipinski definition) is 0. The lowest BCUT2D eigenvalue weighted by Crippen LogP contribution is -2.41. The summed E-state index contributed by atoms with van der Waals surface area (Å²) in [5, 5.41) is 5.79. The Bertz CT molecular complexity index is 610. The van der Waals surface area contributed by atoms with Crippen molar-refractivity contribution in [3.05, 3.63) is 30.4 Å². The molecule has 1 aromatic rings. The number of methoxy groups -OCH3 is 2. The van der Waals surface area contributed by atoms with Gasteiger partial charge in [-0.1, -0.05) is 12.2 Å². The summed E-state index contributed by atoms with van der Waals surface area (Å²) in [6.45, 7) is 0. The van der Waals surface area contributed by atoms with E-state index in [2.05, 4.69) is 17.3 Å². The normalized spacial score (nSPS) is 23.9. The molecule has 1 aromatic carbocycles. The molecule has 0 bridgehead atoms. The minimum Gasteiger partial charge on any atom is -0.493 e. The van der Waals surface area contributed by atoms with Crippen molar-refractivity contribution in [3.63, 3.8) is 0 Å². The molecule has 1 aliphatic carbocycles. The van der Waals surface area contributed by atoms with E-state index < -0.39 is 0 Å². The maximum atomic E-state index is 12.6. The Morgan fingerprint density at radius 1 is 1.14 bits per heavy atom. The zero-order valence-electron chi connectivity index (χ0n) is 12.2. The maximum absolute atomic E-state index is 12.6. The molecule has 0 spiro atoms. The third kappa shape index (κ3) is 2.39. The van der Waals surface area contributed by atoms with Crippen LogP contribution in [0.25, 0.3) is 0 Å². The summed E-state index contributed by atoms with van der Waals surface area (Å²) in [6.07, 6.45) is 7.74. The Labute approximate surface area is 123 Å². The highest BCUT2D eigenvalue weighted by molar-refractivity contribution is 5.99. The second kappa shape index (κ2) is 5.60. The van der Waals surface area contributed by atoms with Crippen molar-refractivity contribution in [3.8, 4) is 11.5 Å². The van der Waals surface area contributed by atoms with E-state index in [1.807, 2.05) is 12.3 Å². The number of rotatable bonds is 3. The van der Waals surface area contributed by atoms with Crippen LogP contribution in [0.1, 0.15) is 12.8 Å². The average molecular weight is 286 g/mol. The van der Waals surface area contributed by atoms with Crippen molar-refractivity contribution in [2.45, 2.75) is 12.8 Å². The van der Waals surface area contributed by atoms with Crippen LogP contribution in [0, 0.1) is 11.8 Å². The Hall–Kier alpha value is -2.30. The van der Waals surface area contributed by atoms with Gasteiger partial charge in [0.05, 0.1) is 25.8 Å². The van der Waals surface area contributed by atoms with Gasteiger partial charge in [0, 0.05) is 18.2 Å². The van der Waals surface area contributed by atoms with Crippen LogP contribution in [0.2, 0.25) is 0 Å². The first-order valence-electron chi connectivity index (χ1n) is 6.99. The fourth-order valence-electron chi connectivity index (χ4n) is 2.80. The molecule has 0 fully saturated rings. The van der Waals surface area contributed by atoms with Crippen LogP contribution >= 0.6 is 0 Å². The maximum Gasteiger partial charge on any atom is 0.251 e. The lowest BCUT2D eigenvalue weighted by molar-refractivity contribution is -0.123. The van der Waals surface area contributed by atoms with Gasteiger partial charge < -0.3 is 9.47 Å². The summed E-state index contributed by atoms with van der Waals surface area (Å²) in [5.74, 6) is 1.47. The minimum absolute atomic E-state index is 0.0133. The van der Waals surface area contributed by atoms with Crippen LogP contribution in [0.4, 0.5) is 5.69 Å². The molecule has 2 unspecified atom stereocenters. The van der Waals surface area contributed by atoms with E-state index in [4.69, 9.17) is 9.47 Å². The largest absolute Gasteiger partial charge is 0.493 e. The van der Waals surface area contributed by atoms with Gasteiger partial charge in [-0.15, -0.1) is 0 Å². The van der Waals surface area contributed by atoms with Crippen LogP contribution < -0.4 is 14.5 Å². The number of amides is 1. The summed E-state index contributed by atoms with van der Waals surface area (Å²) >= 11 is 0. The molecular formula is C16H18N2O3. The van der Waals surface area contributed by atoms with Gasteiger partial charge in [0.15, 0.2) is 11.5 Å². The number of carbonyl (C=O) groups excluding carboxylic acids is 1. The first-order chi connectivity index (χ1) is 10.2. The van der Waals surface area contributed by atoms with Crippen LogP contribution in [0.5, 0.6) is 11.5 Å². The molecule has 1 amide bonds. The smallest absolute Gasteiger partial charge is 0.251 e. The molecule has 0 saturated heterocycles. The molecule has 0 aromatic heterocycles. The Morgan fingerprint density at radius 3 is 2.67 bits per heavy atom. The van der Waals surface area contributed by atoms with Gasteiger partial charge in [-0.05, 0) is 25.0 Å². The molecule has 5 heteroatoms. The predicted molar refractivity (Wildman–Crippen MR) is 80.9 cm³/mol. The summed E-state index contributed by atoms with van der Waals surface area (Å²) < 4.78 is 10.5. The van der Waals surface area contributed by atoms with Crippen LogP contribution in [-0.2, 0) is 4.79 Å². The van der Waals surface area contributed by atoms with E-state index in [9.17, 15) is 4.79 Å². The molecule has 1 heterocycles. The number of nitrogens with zero attached hydrogens (tertiary/aromatic N) is 2. The van der Waals surface area contributed by atoms with E-state index in [0.717, 1.165) is 12.8 Å². The lowest BCUT2D eigenvalue weighted by atomic mass is 9.82. The first kappa shape index (κ1) is 13.7. The number of allylic oxidation sites excluding steroid dienone is 2. The van der Waals surface area contributed by atoms with Crippen LogP contribution in [-0.4, -0.2) is 26.3 Å². The number of benzene rings is 1. The Kier molecular flexibility index (Phi) is 3.64. The third-order valence-electron chi connectivity index (χ3n) is 3.99. The van der Waals surface area contributed by atoms with Crippen molar-refractivity contribution in [1.82, 2.24) is 0 Å². The van der Waals surface area contributed by atoms with Gasteiger partial charge in [0.25, 0.3) is 5.91 Å². The first-order valence-corrected chi connectivity index (χ1v) is 6.99. The molecular weight excluding hydrogens is 268 g/mol. The van der Waals surface area contributed by atoms with E-state index in [-0.39, 0.29) is 17.7 Å². The standard InChI is InChI=1S/C16H18N2O3/c1-20-14-8-7-12(9-15(14)21-2)18-16(19)13-6-4-3-5-11(13)10-17-18/h3-4,7-11,13H,5-6H2,1-2H3.